The van der Waals surface area contributed by atoms with Gasteiger partial charge >= 0.3 is 20.9 Å². The normalized spacial score (nSPS) is 11.9. The van der Waals surface area contributed by atoms with E-state index >= 15 is 0 Å². The molecule has 0 aromatic heterocycles. The zero-order valence-corrected chi connectivity index (χ0v) is 12.5. The quantitative estimate of drug-likeness (QED) is 0.429. The van der Waals surface area contributed by atoms with Crippen molar-refractivity contribution in [1.29, 1.82) is 0 Å². The summed E-state index contributed by atoms with van der Waals surface area (Å²) in [6.07, 6.45) is -1.63. The van der Waals surface area contributed by atoms with Crippen LogP contribution in [0, 0.1) is 0 Å². The number of carboxylic acids is 4. The standard InChI is InChI=1S/2C4H6NO4.Zn/c2*5-2(4(8)9)1-3(6)7;/h2*2,5H,1H2,(H,6,7)(H,8,9);/q2*-1;+2/p-3/t2*2-;/m00./s1. The third-order valence-electron chi connectivity index (χ3n) is 1.31. The molecule has 0 fully saturated rings. The largest absolute Gasteiger partial charge is 2.00 e. The van der Waals surface area contributed by atoms with E-state index in [9.17, 15) is 39.6 Å². The van der Waals surface area contributed by atoms with Crippen molar-refractivity contribution in [3.8, 4) is 0 Å². The second kappa shape index (κ2) is 11.5. The van der Waals surface area contributed by atoms with Crippen LogP contribution in [-0.4, -0.2) is 36.0 Å². The summed E-state index contributed by atoms with van der Waals surface area (Å²) in [6.45, 7) is 0. The second-order valence-corrected chi connectivity index (χ2v) is 2.90. The van der Waals surface area contributed by atoms with Crippen LogP contribution in [0.25, 0.3) is 11.5 Å². The fourth-order valence-electron chi connectivity index (χ4n) is 0.500. The molecule has 0 rings (SSSR count). The van der Waals surface area contributed by atoms with Gasteiger partial charge in [0, 0.05) is 23.9 Å². The van der Waals surface area contributed by atoms with Crippen LogP contribution in [0.4, 0.5) is 0 Å². The van der Waals surface area contributed by atoms with Crippen LogP contribution in [-0.2, 0) is 38.7 Å². The van der Waals surface area contributed by atoms with Gasteiger partial charge in [-0.3, -0.25) is 0 Å². The van der Waals surface area contributed by atoms with Gasteiger partial charge in [-0.1, -0.05) is 12.1 Å². The fraction of sp³-hybridized carbons (Fsp3) is 0.500. The number of carbonyl (C=O) groups is 4. The first kappa shape index (κ1) is 22.6. The van der Waals surface area contributed by atoms with E-state index in [0.29, 0.717) is 0 Å². The molecule has 10 nitrogen and oxygen atoms in total. The predicted octanol–water partition coefficient (Wildman–Crippen LogP) is -5.30. The van der Waals surface area contributed by atoms with E-state index in [1.807, 2.05) is 0 Å². The molecule has 0 aromatic rings. The van der Waals surface area contributed by atoms with Crippen LogP contribution in [0.3, 0.4) is 0 Å². The van der Waals surface area contributed by atoms with Crippen LogP contribution >= 0.6 is 0 Å². The maximum atomic E-state index is 9.65. The Kier molecular flexibility index (Phi) is 13.7. The van der Waals surface area contributed by atoms with Gasteiger partial charge < -0.3 is 51.1 Å². The van der Waals surface area contributed by atoms with Crippen LogP contribution < -0.4 is 20.4 Å². The molecule has 2 atom stereocenters. The summed E-state index contributed by atoms with van der Waals surface area (Å²) in [4.78, 5) is 38.5. The number of carboxylic acid groups (broad SMARTS) is 4. The number of carbonyl (C=O) groups excluding carboxylic acids is 4. The molecule has 104 valence electrons. The fourth-order valence-corrected chi connectivity index (χ4v) is 0.500. The van der Waals surface area contributed by atoms with E-state index in [1.54, 1.807) is 0 Å². The molecule has 11 heteroatoms. The minimum absolute atomic E-state index is 0. The van der Waals surface area contributed by atoms with E-state index < -0.39 is 48.8 Å². The van der Waals surface area contributed by atoms with Crippen molar-refractivity contribution in [1.82, 2.24) is 0 Å². The summed E-state index contributed by atoms with van der Waals surface area (Å²) in [5, 5.41) is 38.5. The summed E-state index contributed by atoms with van der Waals surface area (Å²) < 4.78 is 0. The second-order valence-electron chi connectivity index (χ2n) is 2.90. The smallest absolute Gasteiger partial charge is 0.670 e. The first-order chi connectivity index (χ1) is 8.07. The molecule has 0 radical (unpaired) electrons. The van der Waals surface area contributed by atoms with Crippen molar-refractivity contribution in [2.45, 2.75) is 24.9 Å². The van der Waals surface area contributed by atoms with Gasteiger partial charge in [0.25, 0.3) is 0 Å². The third kappa shape index (κ3) is 16.4. The Labute approximate surface area is 121 Å². The molecule has 0 bridgehead atoms. The molecule has 0 spiro atoms. The van der Waals surface area contributed by atoms with Gasteiger partial charge in [0.05, 0.1) is 0 Å². The maximum Gasteiger partial charge on any atom is 2.00 e. The monoisotopic (exact) mass is 325 g/mol. The SMILES string of the molecule is [H+].[NH-][C@@H](CC(=O)[O-])C(=O)[O-].[NH-][C@@H](CC(=O)[O-])C(=O)[O-].[Zn+2]. The average molecular weight is 327 g/mol. The molecule has 0 aliphatic carbocycles. The molecule has 0 unspecified atom stereocenters. The molecule has 0 amide bonds. The third-order valence-corrected chi connectivity index (χ3v) is 1.31. The van der Waals surface area contributed by atoms with Crippen LogP contribution in [0.2, 0.25) is 0 Å². The van der Waals surface area contributed by atoms with Crippen LogP contribution in [0.15, 0.2) is 0 Å². The number of nitrogens with one attached hydrogen (secondary N) is 2. The van der Waals surface area contributed by atoms with Crippen LogP contribution in [0.5, 0.6) is 0 Å². The van der Waals surface area contributed by atoms with Gasteiger partial charge in [-0.05, 0) is 12.8 Å². The molecule has 0 saturated carbocycles. The Balaban J connectivity index is -0.000000116. The summed E-state index contributed by atoms with van der Waals surface area (Å²) in [5.74, 6) is -6.50. The van der Waals surface area contributed by atoms with Crippen LogP contribution in [0.1, 0.15) is 14.3 Å². The van der Waals surface area contributed by atoms with E-state index in [4.69, 9.17) is 11.5 Å². The topological polar surface area (TPSA) is 208 Å². The van der Waals surface area contributed by atoms with Gasteiger partial charge in [-0.2, -0.15) is 0 Å². The van der Waals surface area contributed by atoms with Crippen molar-refractivity contribution in [3.63, 3.8) is 0 Å². The minimum Gasteiger partial charge on any atom is -0.670 e. The molecular weight excluding hydrogens is 317 g/mol. The Morgan fingerprint density at radius 2 is 1.00 bits per heavy atom. The van der Waals surface area contributed by atoms with Crippen molar-refractivity contribution >= 4 is 23.9 Å². The molecule has 0 heterocycles. The van der Waals surface area contributed by atoms with Crippen molar-refractivity contribution < 1.29 is 60.5 Å². The van der Waals surface area contributed by atoms with Crippen molar-refractivity contribution in [3.05, 3.63) is 11.5 Å². The van der Waals surface area contributed by atoms with Gasteiger partial charge in [0.2, 0.25) is 0 Å². The summed E-state index contributed by atoms with van der Waals surface area (Å²) in [5.41, 5.74) is 12.9. The van der Waals surface area contributed by atoms with Gasteiger partial charge in [0.1, 0.15) is 0 Å². The molecule has 0 saturated heterocycles. The zero-order valence-electron chi connectivity index (χ0n) is 10.5. The van der Waals surface area contributed by atoms with E-state index in [2.05, 4.69) is 0 Å². The van der Waals surface area contributed by atoms with E-state index in [0.717, 1.165) is 0 Å². The van der Waals surface area contributed by atoms with Gasteiger partial charge in [-0.15, -0.1) is 0 Å². The van der Waals surface area contributed by atoms with E-state index in [-0.39, 0.29) is 20.9 Å². The average Bonchev–Trinajstić information content (AvgIpc) is 2.16. The van der Waals surface area contributed by atoms with E-state index in [1.165, 1.54) is 0 Å². The number of hydrogen-bond donors (Lipinski definition) is 0. The molecule has 19 heavy (non-hydrogen) atoms. The molecule has 0 aliphatic rings. The summed E-state index contributed by atoms with van der Waals surface area (Å²) in [7, 11) is 0. The number of aliphatic carboxylic acids is 4. The Bertz CT molecular complexity index is 308. The predicted molar refractivity (Wildman–Crippen MR) is 46.6 cm³/mol. The Hall–Kier alpha value is -1.58. The van der Waals surface area contributed by atoms with Crippen molar-refractivity contribution in [2.24, 2.45) is 0 Å². The number of rotatable bonds is 6. The van der Waals surface area contributed by atoms with Gasteiger partial charge in [-0.25, -0.2) is 0 Å². The zero-order chi connectivity index (χ0) is 14.9. The summed E-state index contributed by atoms with van der Waals surface area (Å²) >= 11 is 0. The Morgan fingerprint density at radius 3 is 1.05 bits per heavy atom. The summed E-state index contributed by atoms with van der Waals surface area (Å²) in [6, 6.07) is -3.43. The van der Waals surface area contributed by atoms with Crippen molar-refractivity contribution in [2.75, 3.05) is 0 Å². The molecule has 0 aliphatic heterocycles. The molecule has 2 N–H and O–H groups in total. The first-order valence-corrected chi connectivity index (χ1v) is 4.31. The number of hydrogen-bond acceptors (Lipinski definition) is 8. The van der Waals surface area contributed by atoms with Gasteiger partial charge in [0.15, 0.2) is 0 Å². The first-order valence-electron chi connectivity index (χ1n) is 4.31. The Morgan fingerprint density at radius 1 is 0.789 bits per heavy atom. The molecule has 0 aromatic carbocycles. The molecular formula is C8H9N2O8Zn-3. The maximum absolute atomic E-state index is 9.65. The minimum atomic E-state index is -1.71.